The average Bonchev–Trinajstić information content (AvgIpc) is 2.43. The molecule has 0 fully saturated rings. The van der Waals surface area contributed by atoms with Gasteiger partial charge in [-0.05, 0) is 55.3 Å². The zero-order valence-electron chi connectivity index (χ0n) is 10.9. The molecule has 2 aromatic carbocycles. The normalized spacial score (nSPS) is 11.7. The number of hydrogen-bond acceptors (Lipinski definition) is 2. The zero-order valence-corrected chi connectivity index (χ0v) is 10.9. The Bertz CT molecular complexity index is 629. The molecule has 0 saturated heterocycles. The molecule has 0 aliphatic heterocycles. The predicted molar refractivity (Wildman–Crippen MR) is 74.3 cm³/mol. The Morgan fingerprint density at radius 2 is 2.00 bits per heavy atom. The van der Waals surface area contributed by atoms with E-state index in [1.165, 1.54) is 6.07 Å². The van der Waals surface area contributed by atoms with Gasteiger partial charge in [0.2, 0.25) is 0 Å². The minimum absolute atomic E-state index is 0.0539. The third-order valence-electron chi connectivity index (χ3n) is 3.06. The van der Waals surface area contributed by atoms with Gasteiger partial charge in [0.15, 0.2) is 0 Å². The smallest absolute Gasteiger partial charge is 0.126 e. The van der Waals surface area contributed by atoms with E-state index in [0.717, 1.165) is 11.3 Å². The highest BCUT2D eigenvalue weighted by Crippen LogP contribution is 2.21. The van der Waals surface area contributed by atoms with Gasteiger partial charge in [-0.1, -0.05) is 12.1 Å². The fourth-order valence-corrected chi connectivity index (χ4v) is 1.95. The molecule has 0 aromatic heterocycles. The van der Waals surface area contributed by atoms with Crippen molar-refractivity contribution in [2.24, 2.45) is 0 Å². The molecular formula is C16H15FN2. The van der Waals surface area contributed by atoms with Crippen molar-refractivity contribution in [2.75, 3.05) is 5.32 Å². The van der Waals surface area contributed by atoms with Crippen molar-refractivity contribution in [1.82, 2.24) is 0 Å². The first-order valence-corrected chi connectivity index (χ1v) is 6.13. The Labute approximate surface area is 112 Å². The summed E-state index contributed by atoms with van der Waals surface area (Å²) in [5, 5.41) is 12.2. The molecule has 0 heterocycles. The third-order valence-corrected chi connectivity index (χ3v) is 3.06. The fourth-order valence-electron chi connectivity index (χ4n) is 1.95. The first-order chi connectivity index (χ1) is 9.10. The number of halogens is 1. The second-order valence-corrected chi connectivity index (χ2v) is 4.57. The molecule has 0 bridgehead atoms. The Balaban J connectivity index is 2.18. The van der Waals surface area contributed by atoms with E-state index in [1.54, 1.807) is 25.1 Å². The SMILES string of the molecule is Cc1cc(NC(C)c2cccc(C#N)c2)ccc1F. The van der Waals surface area contributed by atoms with Crippen LogP contribution in [0.3, 0.4) is 0 Å². The van der Waals surface area contributed by atoms with Crippen LogP contribution in [0.4, 0.5) is 10.1 Å². The summed E-state index contributed by atoms with van der Waals surface area (Å²) in [5.41, 5.74) is 3.15. The van der Waals surface area contributed by atoms with Gasteiger partial charge in [0.05, 0.1) is 11.6 Å². The van der Waals surface area contributed by atoms with E-state index in [4.69, 9.17) is 5.26 Å². The van der Waals surface area contributed by atoms with E-state index >= 15 is 0 Å². The van der Waals surface area contributed by atoms with Crippen molar-refractivity contribution in [3.05, 3.63) is 65.0 Å². The van der Waals surface area contributed by atoms with E-state index in [9.17, 15) is 4.39 Å². The summed E-state index contributed by atoms with van der Waals surface area (Å²) >= 11 is 0. The van der Waals surface area contributed by atoms with Crippen LogP contribution >= 0.6 is 0 Å². The molecule has 1 atom stereocenters. The van der Waals surface area contributed by atoms with Crippen molar-refractivity contribution in [3.63, 3.8) is 0 Å². The summed E-state index contributed by atoms with van der Waals surface area (Å²) in [4.78, 5) is 0. The van der Waals surface area contributed by atoms with Gasteiger partial charge in [-0.3, -0.25) is 0 Å². The lowest BCUT2D eigenvalue weighted by Gasteiger charge is -2.16. The highest BCUT2D eigenvalue weighted by Gasteiger charge is 2.07. The summed E-state index contributed by atoms with van der Waals surface area (Å²) in [5.74, 6) is -0.204. The molecule has 0 amide bonds. The monoisotopic (exact) mass is 254 g/mol. The third kappa shape index (κ3) is 3.11. The largest absolute Gasteiger partial charge is 0.379 e. The first-order valence-electron chi connectivity index (χ1n) is 6.13. The maximum atomic E-state index is 13.2. The van der Waals surface area contributed by atoms with Crippen molar-refractivity contribution < 1.29 is 4.39 Å². The minimum Gasteiger partial charge on any atom is -0.379 e. The molecule has 2 nitrogen and oxygen atoms in total. The molecule has 3 heteroatoms. The lowest BCUT2D eigenvalue weighted by Crippen LogP contribution is -2.07. The van der Waals surface area contributed by atoms with Gasteiger partial charge >= 0.3 is 0 Å². The Morgan fingerprint density at radius 1 is 1.21 bits per heavy atom. The summed E-state index contributed by atoms with van der Waals surface area (Å²) < 4.78 is 13.2. The maximum absolute atomic E-state index is 13.2. The van der Waals surface area contributed by atoms with E-state index in [2.05, 4.69) is 11.4 Å². The molecule has 0 aliphatic rings. The Kier molecular flexibility index (Phi) is 3.82. The van der Waals surface area contributed by atoms with Crippen LogP contribution in [0.25, 0.3) is 0 Å². The van der Waals surface area contributed by atoms with Gasteiger partial charge in [-0.25, -0.2) is 4.39 Å². The van der Waals surface area contributed by atoms with Crippen LogP contribution < -0.4 is 5.32 Å². The molecule has 1 unspecified atom stereocenters. The lowest BCUT2D eigenvalue weighted by atomic mass is 10.1. The van der Waals surface area contributed by atoms with Crippen molar-refractivity contribution in [1.29, 1.82) is 5.26 Å². The number of nitriles is 1. The predicted octanol–water partition coefficient (Wildman–Crippen LogP) is 4.18. The van der Waals surface area contributed by atoms with E-state index in [1.807, 2.05) is 25.1 Å². The van der Waals surface area contributed by atoms with Gasteiger partial charge in [0, 0.05) is 11.7 Å². The van der Waals surface area contributed by atoms with Crippen LogP contribution in [-0.4, -0.2) is 0 Å². The van der Waals surface area contributed by atoms with Crippen molar-refractivity contribution in [2.45, 2.75) is 19.9 Å². The first kappa shape index (κ1) is 13.1. The Morgan fingerprint density at radius 3 is 2.68 bits per heavy atom. The van der Waals surface area contributed by atoms with Gasteiger partial charge in [-0.2, -0.15) is 5.26 Å². The average molecular weight is 254 g/mol. The van der Waals surface area contributed by atoms with Crippen LogP contribution in [0.1, 0.15) is 29.7 Å². The molecular weight excluding hydrogens is 239 g/mol. The molecule has 0 saturated carbocycles. The maximum Gasteiger partial charge on any atom is 0.126 e. The summed E-state index contributed by atoms with van der Waals surface area (Å²) in [6, 6.07) is 14.6. The van der Waals surface area contributed by atoms with Crippen LogP contribution in [0.5, 0.6) is 0 Å². The molecule has 0 spiro atoms. The molecule has 19 heavy (non-hydrogen) atoms. The van der Waals surface area contributed by atoms with Crippen LogP contribution in [-0.2, 0) is 0 Å². The van der Waals surface area contributed by atoms with Gasteiger partial charge in [0.25, 0.3) is 0 Å². The van der Waals surface area contributed by atoms with Gasteiger partial charge in [0.1, 0.15) is 5.82 Å². The standard InChI is InChI=1S/C16H15FN2/c1-11-8-15(6-7-16(11)17)19-12(2)14-5-3-4-13(9-14)10-18/h3-9,12,19H,1-2H3. The second kappa shape index (κ2) is 5.53. The van der Waals surface area contributed by atoms with E-state index < -0.39 is 0 Å². The molecule has 96 valence electrons. The number of rotatable bonds is 3. The van der Waals surface area contributed by atoms with E-state index in [-0.39, 0.29) is 11.9 Å². The summed E-state index contributed by atoms with van der Waals surface area (Å²) in [7, 11) is 0. The molecule has 2 rings (SSSR count). The van der Waals surface area contributed by atoms with Crippen molar-refractivity contribution >= 4 is 5.69 Å². The summed E-state index contributed by atoms with van der Waals surface area (Å²) in [6.07, 6.45) is 0. The zero-order chi connectivity index (χ0) is 13.8. The van der Waals surface area contributed by atoms with Crippen LogP contribution in [0.15, 0.2) is 42.5 Å². The minimum atomic E-state index is -0.204. The summed E-state index contributed by atoms with van der Waals surface area (Å²) in [6.45, 7) is 3.75. The quantitative estimate of drug-likeness (QED) is 0.891. The highest BCUT2D eigenvalue weighted by molar-refractivity contribution is 5.48. The number of hydrogen-bond donors (Lipinski definition) is 1. The molecule has 0 radical (unpaired) electrons. The highest BCUT2D eigenvalue weighted by atomic mass is 19.1. The Hall–Kier alpha value is -2.34. The van der Waals surface area contributed by atoms with Crippen LogP contribution in [0, 0.1) is 24.1 Å². The van der Waals surface area contributed by atoms with Crippen LogP contribution in [0.2, 0.25) is 0 Å². The van der Waals surface area contributed by atoms with Gasteiger partial charge < -0.3 is 5.32 Å². The number of nitrogens with one attached hydrogen (secondary N) is 1. The molecule has 0 aliphatic carbocycles. The number of benzene rings is 2. The number of aryl methyl sites for hydroxylation is 1. The second-order valence-electron chi connectivity index (χ2n) is 4.57. The van der Waals surface area contributed by atoms with E-state index in [0.29, 0.717) is 11.1 Å². The molecule has 1 N–H and O–H groups in total. The van der Waals surface area contributed by atoms with Gasteiger partial charge in [-0.15, -0.1) is 0 Å². The topological polar surface area (TPSA) is 35.8 Å². The number of anilines is 1. The lowest BCUT2D eigenvalue weighted by molar-refractivity contribution is 0.618. The van der Waals surface area contributed by atoms with Crippen molar-refractivity contribution in [3.8, 4) is 6.07 Å². The number of nitrogens with zero attached hydrogens (tertiary/aromatic N) is 1. The molecule has 2 aromatic rings. The fraction of sp³-hybridized carbons (Fsp3) is 0.188.